The molecule has 0 atom stereocenters. The van der Waals surface area contributed by atoms with E-state index in [-0.39, 0.29) is 24.6 Å². The van der Waals surface area contributed by atoms with Gasteiger partial charge in [0.25, 0.3) is 5.91 Å². The molecule has 0 aromatic carbocycles. The first-order valence-corrected chi connectivity index (χ1v) is 9.86. The number of thiophene rings is 1. The molecular formula is C14H13NO5S4. The van der Waals surface area contributed by atoms with Gasteiger partial charge in [0.05, 0.1) is 14.9 Å². The van der Waals surface area contributed by atoms with Crippen molar-refractivity contribution in [2.24, 2.45) is 0 Å². The van der Waals surface area contributed by atoms with E-state index in [9.17, 15) is 14.4 Å². The Labute approximate surface area is 155 Å². The lowest BCUT2D eigenvalue weighted by Crippen LogP contribution is -2.29. The summed E-state index contributed by atoms with van der Waals surface area (Å²) < 4.78 is 1.24. The number of rotatable bonds is 8. The highest BCUT2D eigenvalue weighted by atomic mass is 32.2. The van der Waals surface area contributed by atoms with Crippen molar-refractivity contribution in [2.75, 3.05) is 12.3 Å². The highest BCUT2D eigenvalue weighted by Crippen LogP contribution is 2.36. The lowest BCUT2D eigenvalue weighted by atomic mass is 10.2. The second kappa shape index (κ2) is 8.65. The Morgan fingerprint density at radius 2 is 2.08 bits per heavy atom. The van der Waals surface area contributed by atoms with Gasteiger partial charge in [-0.2, -0.15) is 0 Å². The minimum atomic E-state index is -0.908. The topological polar surface area (TPSA) is 94.9 Å². The third kappa shape index (κ3) is 5.07. The minimum Gasteiger partial charge on any atom is -0.481 e. The van der Waals surface area contributed by atoms with Crippen LogP contribution in [0.5, 0.6) is 0 Å². The molecule has 24 heavy (non-hydrogen) atoms. The van der Waals surface area contributed by atoms with Crippen molar-refractivity contribution >= 4 is 75.3 Å². The first-order chi connectivity index (χ1) is 11.4. The second-order valence-electron chi connectivity index (χ2n) is 4.68. The fourth-order valence-electron chi connectivity index (χ4n) is 1.88. The lowest BCUT2D eigenvalue weighted by molar-refractivity contribution is -0.137. The third-order valence-corrected chi connectivity index (χ3v) is 6.55. The molecule has 2 N–H and O–H groups in total. The number of carbonyl (C=O) groups is 3. The van der Waals surface area contributed by atoms with Crippen LogP contribution in [-0.2, 0) is 14.4 Å². The Morgan fingerprint density at radius 1 is 1.33 bits per heavy atom. The summed E-state index contributed by atoms with van der Waals surface area (Å²) in [6.45, 7) is 0.276. The average molecular weight is 404 g/mol. The molecule has 1 aromatic rings. The number of aliphatic carboxylic acids is 2. The predicted molar refractivity (Wildman–Crippen MR) is 99.4 cm³/mol. The van der Waals surface area contributed by atoms with Crippen LogP contribution >= 0.6 is 47.1 Å². The summed E-state index contributed by atoms with van der Waals surface area (Å²) >= 11 is 8.98. The summed E-state index contributed by atoms with van der Waals surface area (Å²) in [5, 5.41) is 19.3. The number of thioether (sulfide) groups is 2. The second-order valence-corrected chi connectivity index (χ2v) is 8.51. The van der Waals surface area contributed by atoms with Gasteiger partial charge in [0.1, 0.15) is 4.32 Å². The molecule has 6 nitrogen and oxygen atoms in total. The van der Waals surface area contributed by atoms with Gasteiger partial charge in [-0.3, -0.25) is 19.3 Å². The van der Waals surface area contributed by atoms with Crippen molar-refractivity contribution in [1.29, 1.82) is 0 Å². The Kier molecular flexibility index (Phi) is 6.84. The van der Waals surface area contributed by atoms with E-state index in [0.717, 1.165) is 9.77 Å². The van der Waals surface area contributed by atoms with E-state index in [1.165, 1.54) is 39.8 Å². The first kappa shape index (κ1) is 19.0. The summed E-state index contributed by atoms with van der Waals surface area (Å²) in [6.07, 6.45) is 2.03. The van der Waals surface area contributed by atoms with Crippen molar-refractivity contribution in [2.45, 2.75) is 17.1 Å². The molecular weight excluding hydrogens is 390 g/mol. The molecule has 10 heteroatoms. The molecule has 1 amide bonds. The van der Waals surface area contributed by atoms with Gasteiger partial charge in [-0.1, -0.05) is 24.0 Å². The zero-order valence-electron chi connectivity index (χ0n) is 12.3. The zero-order valence-corrected chi connectivity index (χ0v) is 15.5. The van der Waals surface area contributed by atoms with Gasteiger partial charge in [-0.05, 0) is 23.9 Å². The first-order valence-electron chi connectivity index (χ1n) is 6.77. The number of carbonyl (C=O) groups excluding carboxylic acids is 1. The van der Waals surface area contributed by atoms with Crippen LogP contribution in [0, 0.1) is 0 Å². The lowest BCUT2D eigenvalue weighted by Gasteiger charge is -2.13. The number of nitrogens with zero attached hydrogens (tertiary/aromatic N) is 1. The Balaban J connectivity index is 2.07. The third-order valence-electron chi connectivity index (χ3n) is 2.92. The molecule has 2 heterocycles. The molecule has 2 rings (SSSR count). The molecule has 128 valence electrons. The number of thiocarbonyl (C=S) groups is 1. The maximum absolute atomic E-state index is 12.4. The van der Waals surface area contributed by atoms with Crippen LogP contribution in [0.3, 0.4) is 0 Å². The SMILES string of the molecule is O=C(O)CCCN1C(=O)/C(=C\c2ccsc2SCC(=O)O)SC1=S. The van der Waals surface area contributed by atoms with Crippen molar-refractivity contribution in [3.63, 3.8) is 0 Å². The number of carboxylic acid groups (broad SMARTS) is 2. The smallest absolute Gasteiger partial charge is 0.313 e. The number of hydrogen-bond acceptors (Lipinski definition) is 7. The van der Waals surface area contributed by atoms with Crippen LogP contribution in [-0.4, -0.2) is 49.6 Å². The van der Waals surface area contributed by atoms with Gasteiger partial charge < -0.3 is 10.2 Å². The Bertz CT molecular complexity index is 712. The van der Waals surface area contributed by atoms with Crippen LogP contribution < -0.4 is 0 Å². The fourth-order valence-corrected chi connectivity index (χ4v) is 4.94. The van der Waals surface area contributed by atoms with Gasteiger partial charge in [0.2, 0.25) is 0 Å². The van der Waals surface area contributed by atoms with Gasteiger partial charge in [-0.15, -0.1) is 23.1 Å². The molecule has 1 fully saturated rings. The predicted octanol–water partition coefficient (Wildman–Crippen LogP) is 2.99. The van der Waals surface area contributed by atoms with E-state index in [1.807, 2.05) is 11.4 Å². The summed E-state index contributed by atoms with van der Waals surface area (Å²) in [7, 11) is 0. The van der Waals surface area contributed by atoms with Crippen LogP contribution in [0.2, 0.25) is 0 Å². The van der Waals surface area contributed by atoms with Crippen molar-refractivity contribution in [3.05, 3.63) is 21.9 Å². The molecule has 0 saturated carbocycles. The highest BCUT2D eigenvalue weighted by molar-refractivity contribution is 8.26. The maximum Gasteiger partial charge on any atom is 0.313 e. The minimum absolute atomic E-state index is 0.0172. The van der Waals surface area contributed by atoms with E-state index in [0.29, 0.717) is 15.6 Å². The zero-order chi connectivity index (χ0) is 17.7. The van der Waals surface area contributed by atoms with Gasteiger partial charge >= 0.3 is 11.9 Å². The van der Waals surface area contributed by atoms with Crippen LogP contribution in [0.25, 0.3) is 6.08 Å². The summed E-state index contributed by atoms with van der Waals surface area (Å²) in [4.78, 5) is 35.5. The molecule has 0 unspecified atom stereocenters. The normalized spacial score (nSPS) is 16.2. The summed E-state index contributed by atoms with van der Waals surface area (Å²) in [5.74, 6) is -2.09. The van der Waals surface area contributed by atoms with E-state index in [4.69, 9.17) is 22.4 Å². The molecule has 0 aliphatic carbocycles. The van der Waals surface area contributed by atoms with Crippen molar-refractivity contribution in [1.82, 2.24) is 4.90 Å². The average Bonchev–Trinajstić information content (AvgIpc) is 3.04. The van der Waals surface area contributed by atoms with Crippen LogP contribution in [0.15, 0.2) is 20.6 Å². The standard InChI is InChI=1S/C14H13NO5S4/c16-10(17)2-1-4-15-12(20)9(24-14(15)21)6-8-3-5-22-13(8)23-7-11(18)19/h3,5-6H,1-2,4,7H2,(H,16,17)(H,18,19)/b9-6+. The van der Waals surface area contributed by atoms with E-state index >= 15 is 0 Å². The van der Waals surface area contributed by atoms with Crippen LogP contribution in [0.4, 0.5) is 0 Å². The Hall–Kier alpha value is -1.36. The molecule has 0 bridgehead atoms. The van der Waals surface area contributed by atoms with Crippen molar-refractivity contribution < 1.29 is 24.6 Å². The molecule has 0 spiro atoms. The summed E-state index contributed by atoms with van der Waals surface area (Å²) in [5.41, 5.74) is 0.789. The molecule has 1 aliphatic rings. The Morgan fingerprint density at radius 3 is 2.75 bits per heavy atom. The van der Waals surface area contributed by atoms with E-state index in [1.54, 1.807) is 6.08 Å². The molecule has 1 aromatic heterocycles. The monoisotopic (exact) mass is 403 g/mol. The van der Waals surface area contributed by atoms with Gasteiger partial charge in [0, 0.05) is 18.5 Å². The summed E-state index contributed by atoms with van der Waals surface area (Å²) in [6, 6.07) is 1.83. The number of amides is 1. The quantitative estimate of drug-likeness (QED) is 0.389. The van der Waals surface area contributed by atoms with Gasteiger partial charge in [0.15, 0.2) is 0 Å². The van der Waals surface area contributed by atoms with E-state index in [2.05, 4.69) is 0 Å². The maximum atomic E-state index is 12.4. The largest absolute Gasteiger partial charge is 0.481 e. The molecule has 0 radical (unpaired) electrons. The highest BCUT2D eigenvalue weighted by Gasteiger charge is 2.31. The van der Waals surface area contributed by atoms with Crippen molar-refractivity contribution in [3.8, 4) is 0 Å². The van der Waals surface area contributed by atoms with Crippen LogP contribution in [0.1, 0.15) is 18.4 Å². The number of carboxylic acids is 2. The fraction of sp³-hybridized carbons (Fsp3) is 0.286. The molecule has 1 saturated heterocycles. The van der Waals surface area contributed by atoms with Gasteiger partial charge in [-0.25, -0.2) is 0 Å². The molecule has 1 aliphatic heterocycles. The number of hydrogen-bond donors (Lipinski definition) is 2. The van der Waals surface area contributed by atoms with E-state index < -0.39 is 11.9 Å².